The highest BCUT2D eigenvalue weighted by atomic mass is 15.0. The Morgan fingerprint density at radius 3 is 2.63 bits per heavy atom. The van der Waals surface area contributed by atoms with Crippen LogP contribution in [0.3, 0.4) is 0 Å². The van der Waals surface area contributed by atoms with Crippen molar-refractivity contribution in [2.75, 3.05) is 6.54 Å². The molecule has 1 aromatic heterocycles. The van der Waals surface area contributed by atoms with Crippen LogP contribution in [0.25, 0.3) is 10.9 Å². The summed E-state index contributed by atoms with van der Waals surface area (Å²) >= 11 is 0. The standard InChI is InChI=1S/C17H24N2/c1-11-5-8-16-15(9-10-18-14-6-7-14)13(3)19(4)17(16)12(11)2/h5,8,14,18H,6-7,9-10H2,1-4H3. The van der Waals surface area contributed by atoms with E-state index in [0.29, 0.717) is 0 Å². The molecule has 0 saturated heterocycles. The molecule has 1 aliphatic carbocycles. The van der Waals surface area contributed by atoms with Gasteiger partial charge in [0.1, 0.15) is 0 Å². The second-order valence-corrected chi connectivity index (χ2v) is 6.01. The van der Waals surface area contributed by atoms with E-state index in [1.807, 2.05) is 0 Å². The highest BCUT2D eigenvalue weighted by Gasteiger charge is 2.20. The Kier molecular flexibility index (Phi) is 3.14. The molecule has 1 fully saturated rings. The van der Waals surface area contributed by atoms with E-state index in [9.17, 15) is 0 Å². The molecule has 1 aliphatic rings. The van der Waals surface area contributed by atoms with Crippen LogP contribution in [0.1, 0.15) is 35.2 Å². The fraction of sp³-hybridized carbons (Fsp3) is 0.529. The molecule has 1 N–H and O–H groups in total. The van der Waals surface area contributed by atoms with E-state index in [-0.39, 0.29) is 0 Å². The highest BCUT2D eigenvalue weighted by Crippen LogP contribution is 2.29. The molecule has 2 heteroatoms. The van der Waals surface area contributed by atoms with Crippen molar-refractivity contribution in [2.24, 2.45) is 7.05 Å². The Morgan fingerprint density at radius 2 is 1.95 bits per heavy atom. The molecule has 1 heterocycles. The van der Waals surface area contributed by atoms with Gasteiger partial charge in [-0.3, -0.25) is 0 Å². The number of nitrogens with one attached hydrogen (secondary N) is 1. The van der Waals surface area contributed by atoms with Gasteiger partial charge in [0.15, 0.2) is 0 Å². The maximum Gasteiger partial charge on any atom is 0.0515 e. The third-order valence-electron chi connectivity index (χ3n) is 4.69. The normalized spacial score (nSPS) is 15.4. The van der Waals surface area contributed by atoms with Crippen molar-refractivity contribution < 1.29 is 0 Å². The largest absolute Gasteiger partial charge is 0.347 e. The Morgan fingerprint density at radius 1 is 1.21 bits per heavy atom. The van der Waals surface area contributed by atoms with Gasteiger partial charge in [0.05, 0.1) is 5.52 Å². The average Bonchev–Trinajstić information content (AvgIpc) is 3.17. The molecule has 102 valence electrons. The van der Waals surface area contributed by atoms with Crippen LogP contribution in [0.2, 0.25) is 0 Å². The molecule has 0 amide bonds. The number of hydrogen-bond donors (Lipinski definition) is 1. The van der Waals surface area contributed by atoms with Crippen molar-refractivity contribution in [1.82, 2.24) is 9.88 Å². The molecule has 19 heavy (non-hydrogen) atoms. The Hall–Kier alpha value is -1.28. The summed E-state index contributed by atoms with van der Waals surface area (Å²) in [6.07, 6.45) is 3.88. The first-order chi connectivity index (χ1) is 9.09. The van der Waals surface area contributed by atoms with Crippen molar-refractivity contribution in [3.8, 4) is 0 Å². The van der Waals surface area contributed by atoms with Crippen LogP contribution < -0.4 is 5.32 Å². The first kappa shape index (κ1) is 12.7. The van der Waals surface area contributed by atoms with E-state index < -0.39 is 0 Å². The second-order valence-electron chi connectivity index (χ2n) is 6.01. The van der Waals surface area contributed by atoms with E-state index >= 15 is 0 Å². The van der Waals surface area contributed by atoms with Gasteiger partial charge < -0.3 is 9.88 Å². The Bertz CT molecular complexity index is 618. The highest BCUT2D eigenvalue weighted by molar-refractivity contribution is 5.89. The van der Waals surface area contributed by atoms with Crippen molar-refractivity contribution in [2.45, 2.75) is 46.1 Å². The summed E-state index contributed by atoms with van der Waals surface area (Å²) in [4.78, 5) is 0. The van der Waals surface area contributed by atoms with Crippen LogP contribution in [0.15, 0.2) is 12.1 Å². The number of aromatic nitrogens is 1. The van der Waals surface area contributed by atoms with E-state index in [1.54, 1.807) is 0 Å². The Balaban J connectivity index is 1.98. The smallest absolute Gasteiger partial charge is 0.0515 e. The van der Waals surface area contributed by atoms with Crippen LogP contribution in [0, 0.1) is 20.8 Å². The number of hydrogen-bond acceptors (Lipinski definition) is 1. The lowest BCUT2D eigenvalue weighted by Crippen LogP contribution is -2.19. The lowest BCUT2D eigenvalue weighted by Gasteiger charge is -2.05. The fourth-order valence-corrected chi connectivity index (χ4v) is 3.05. The van der Waals surface area contributed by atoms with Crippen molar-refractivity contribution in [1.29, 1.82) is 0 Å². The summed E-state index contributed by atoms with van der Waals surface area (Å²) in [5.41, 5.74) is 7.16. The van der Waals surface area contributed by atoms with Crippen LogP contribution in [-0.4, -0.2) is 17.2 Å². The molecular formula is C17H24N2. The van der Waals surface area contributed by atoms with Gasteiger partial charge in [0.2, 0.25) is 0 Å². The molecule has 0 atom stereocenters. The van der Waals surface area contributed by atoms with Crippen LogP contribution >= 0.6 is 0 Å². The fourth-order valence-electron chi connectivity index (χ4n) is 3.05. The van der Waals surface area contributed by atoms with E-state index in [1.165, 1.54) is 46.1 Å². The number of fused-ring (bicyclic) bond motifs is 1. The minimum atomic E-state index is 0.805. The summed E-state index contributed by atoms with van der Waals surface area (Å²) in [6.45, 7) is 7.80. The number of nitrogens with zero attached hydrogens (tertiary/aromatic N) is 1. The molecule has 0 aliphatic heterocycles. The molecule has 1 aromatic carbocycles. The zero-order chi connectivity index (χ0) is 13.6. The van der Waals surface area contributed by atoms with Gasteiger partial charge in [-0.25, -0.2) is 0 Å². The maximum atomic E-state index is 3.62. The van der Waals surface area contributed by atoms with Crippen molar-refractivity contribution in [3.05, 3.63) is 34.5 Å². The van der Waals surface area contributed by atoms with Crippen LogP contribution in [0.4, 0.5) is 0 Å². The van der Waals surface area contributed by atoms with E-state index in [4.69, 9.17) is 0 Å². The molecule has 0 spiro atoms. The molecule has 1 saturated carbocycles. The monoisotopic (exact) mass is 256 g/mol. The molecule has 3 rings (SSSR count). The minimum Gasteiger partial charge on any atom is -0.347 e. The van der Waals surface area contributed by atoms with Gasteiger partial charge in [0, 0.05) is 24.2 Å². The first-order valence-corrected chi connectivity index (χ1v) is 7.37. The summed E-state index contributed by atoms with van der Waals surface area (Å²) < 4.78 is 2.37. The predicted octanol–water partition coefficient (Wildman–Crippen LogP) is 3.40. The van der Waals surface area contributed by atoms with Crippen molar-refractivity contribution in [3.63, 3.8) is 0 Å². The topological polar surface area (TPSA) is 17.0 Å². The van der Waals surface area contributed by atoms with Crippen molar-refractivity contribution >= 4 is 10.9 Å². The quantitative estimate of drug-likeness (QED) is 0.887. The predicted molar refractivity (Wildman–Crippen MR) is 81.9 cm³/mol. The molecule has 0 unspecified atom stereocenters. The van der Waals surface area contributed by atoms with Gasteiger partial charge in [-0.05, 0) is 63.3 Å². The molecule has 2 nitrogen and oxygen atoms in total. The van der Waals surface area contributed by atoms with Crippen LogP contribution in [-0.2, 0) is 13.5 Å². The van der Waals surface area contributed by atoms with Gasteiger partial charge in [-0.15, -0.1) is 0 Å². The van der Waals surface area contributed by atoms with Gasteiger partial charge in [0.25, 0.3) is 0 Å². The van der Waals surface area contributed by atoms with Gasteiger partial charge in [-0.2, -0.15) is 0 Å². The number of aryl methyl sites for hydroxylation is 3. The summed E-state index contributed by atoms with van der Waals surface area (Å²) in [5.74, 6) is 0. The molecule has 0 radical (unpaired) electrons. The second kappa shape index (κ2) is 4.68. The zero-order valence-corrected chi connectivity index (χ0v) is 12.5. The third-order valence-corrected chi connectivity index (χ3v) is 4.69. The summed E-state index contributed by atoms with van der Waals surface area (Å²) in [7, 11) is 2.20. The zero-order valence-electron chi connectivity index (χ0n) is 12.5. The summed E-state index contributed by atoms with van der Waals surface area (Å²) in [5, 5.41) is 5.07. The number of benzene rings is 1. The minimum absolute atomic E-state index is 0.805. The first-order valence-electron chi connectivity index (χ1n) is 7.37. The molecular weight excluding hydrogens is 232 g/mol. The lowest BCUT2D eigenvalue weighted by molar-refractivity contribution is 0.680. The summed E-state index contributed by atoms with van der Waals surface area (Å²) in [6, 6.07) is 5.37. The number of rotatable bonds is 4. The third kappa shape index (κ3) is 2.18. The average molecular weight is 256 g/mol. The van der Waals surface area contributed by atoms with Gasteiger partial charge >= 0.3 is 0 Å². The SMILES string of the molecule is Cc1ccc2c(CCNC3CC3)c(C)n(C)c2c1C. The maximum absolute atomic E-state index is 3.62. The lowest BCUT2D eigenvalue weighted by atomic mass is 10.0. The van der Waals surface area contributed by atoms with E-state index in [0.717, 1.165) is 19.0 Å². The van der Waals surface area contributed by atoms with Crippen LogP contribution in [0.5, 0.6) is 0 Å². The molecule has 2 aromatic rings. The Labute approximate surface area is 115 Å². The van der Waals surface area contributed by atoms with E-state index in [2.05, 4.69) is 49.8 Å². The molecule has 0 bridgehead atoms. The van der Waals surface area contributed by atoms with Gasteiger partial charge in [-0.1, -0.05) is 12.1 Å².